The first-order valence-electron chi connectivity index (χ1n) is 9.81. The third kappa shape index (κ3) is 5.64. The molecule has 5 nitrogen and oxygen atoms in total. The number of hydrogen-bond donors (Lipinski definition) is 1. The van der Waals surface area contributed by atoms with Crippen molar-refractivity contribution >= 4 is 17.3 Å². The molecule has 1 aromatic carbocycles. The Morgan fingerprint density at radius 3 is 2.28 bits per heavy atom. The van der Waals surface area contributed by atoms with E-state index in [-0.39, 0.29) is 11.3 Å². The number of aromatic nitrogens is 2. The standard InChI is InChI=1S/C24H28N4O/c1-24(2,3)19-5-7-20(8-6-19)27-23(29)22-10-9-21(17-26-22)28(4)16-13-18-11-14-25-15-12-18/h5-12,14-15,17H,13,16H2,1-4H3,(H,27,29). The molecule has 0 atom stereocenters. The summed E-state index contributed by atoms with van der Waals surface area (Å²) in [5, 5.41) is 2.91. The second kappa shape index (κ2) is 8.86. The van der Waals surface area contributed by atoms with Crippen molar-refractivity contribution in [3.8, 4) is 0 Å². The first-order valence-corrected chi connectivity index (χ1v) is 9.81. The summed E-state index contributed by atoms with van der Waals surface area (Å²) in [5.41, 5.74) is 4.70. The Kier molecular flexibility index (Phi) is 6.27. The number of hydrogen-bond acceptors (Lipinski definition) is 4. The molecule has 0 aliphatic heterocycles. The highest BCUT2D eigenvalue weighted by Crippen LogP contribution is 2.23. The van der Waals surface area contributed by atoms with Crippen molar-refractivity contribution in [2.45, 2.75) is 32.6 Å². The van der Waals surface area contributed by atoms with E-state index in [1.54, 1.807) is 24.7 Å². The molecule has 5 heteroatoms. The SMILES string of the molecule is CN(CCc1ccncc1)c1ccc(C(=O)Nc2ccc(C(C)(C)C)cc2)nc1. The lowest BCUT2D eigenvalue weighted by Gasteiger charge is -2.19. The fourth-order valence-corrected chi connectivity index (χ4v) is 2.97. The Balaban J connectivity index is 1.58. The average molecular weight is 389 g/mol. The summed E-state index contributed by atoms with van der Waals surface area (Å²) < 4.78 is 0. The van der Waals surface area contributed by atoms with E-state index in [0.29, 0.717) is 5.69 Å². The minimum absolute atomic E-state index is 0.0867. The van der Waals surface area contributed by atoms with E-state index < -0.39 is 0 Å². The fourth-order valence-electron chi connectivity index (χ4n) is 2.97. The van der Waals surface area contributed by atoms with Crippen LogP contribution in [0.3, 0.4) is 0 Å². The van der Waals surface area contributed by atoms with Gasteiger partial charge in [-0.3, -0.25) is 9.78 Å². The first-order chi connectivity index (χ1) is 13.8. The number of rotatable bonds is 6. The lowest BCUT2D eigenvalue weighted by atomic mass is 9.87. The molecule has 0 unspecified atom stereocenters. The van der Waals surface area contributed by atoms with Gasteiger partial charge in [0.15, 0.2) is 0 Å². The number of amides is 1. The van der Waals surface area contributed by atoms with Gasteiger partial charge in [0, 0.05) is 31.7 Å². The van der Waals surface area contributed by atoms with Gasteiger partial charge in [0.05, 0.1) is 11.9 Å². The molecule has 29 heavy (non-hydrogen) atoms. The summed E-state index contributed by atoms with van der Waals surface area (Å²) >= 11 is 0. The van der Waals surface area contributed by atoms with E-state index in [9.17, 15) is 4.79 Å². The van der Waals surface area contributed by atoms with Gasteiger partial charge in [-0.1, -0.05) is 32.9 Å². The Labute approximate surface area is 172 Å². The van der Waals surface area contributed by atoms with Gasteiger partial charge in [-0.2, -0.15) is 0 Å². The van der Waals surface area contributed by atoms with Crippen molar-refractivity contribution in [3.05, 3.63) is 83.9 Å². The van der Waals surface area contributed by atoms with Crippen LogP contribution < -0.4 is 10.2 Å². The van der Waals surface area contributed by atoms with E-state index in [0.717, 1.165) is 24.3 Å². The van der Waals surface area contributed by atoms with Crippen LogP contribution in [0.5, 0.6) is 0 Å². The van der Waals surface area contributed by atoms with Crippen molar-refractivity contribution in [2.24, 2.45) is 0 Å². The third-order valence-corrected chi connectivity index (χ3v) is 4.92. The van der Waals surface area contributed by atoms with Gasteiger partial charge < -0.3 is 10.2 Å². The minimum atomic E-state index is -0.209. The van der Waals surface area contributed by atoms with Crippen LogP contribution in [0.15, 0.2) is 67.1 Å². The fraction of sp³-hybridized carbons (Fsp3) is 0.292. The summed E-state index contributed by atoms with van der Waals surface area (Å²) in [7, 11) is 2.02. The molecule has 150 valence electrons. The van der Waals surface area contributed by atoms with Gasteiger partial charge in [0.1, 0.15) is 5.69 Å². The lowest BCUT2D eigenvalue weighted by Crippen LogP contribution is -2.21. The molecule has 0 aliphatic rings. The topological polar surface area (TPSA) is 58.1 Å². The number of likely N-dealkylation sites (N-methyl/N-ethyl adjacent to an activating group) is 1. The number of nitrogens with one attached hydrogen (secondary N) is 1. The maximum atomic E-state index is 12.5. The zero-order valence-corrected chi connectivity index (χ0v) is 17.5. The predicted octanol–water partition coefficient (Wildman–Crippen LogP) is 4.71. The minimum Gasteiger partial charge on any atom is -0.373 e. The molecule has 0 saturated heterocycles. The molecule has 0 bridgehead atoms. The molecule has 0 saturated carbocycles. The smallest absolute Gasteiger partial charge is 0.274 e. The van der Waals surface area contributed by atoms with E-state index in [1.807, 2.05) is 49.5 Å². The van der Waals surface area contributed by atoms with Crippen molar-refractivity contribution in [1.82, 2.24) is 9.97 Å². The van der Waals surface area contributed by atoms with E-state index in [4.69, 9.17) is 0 Å². The van der Waals surface area contributed by atoms with Gasteiger partial charge in [-0.05, 0) is 59.4 Å². The van der Waals surface area contributed by atoms with Crippen LogP contribution in [0.2, 0.25) is 0 Å². The highest BCUT2D eigenvalue weighted by Gasteiger charge is 2.14. The Bertz CT molecular complexity index is 929. The van der Waals surface area contributed by atoms with Crippen LogP contribution in [0.25, 0.3) is 0 Å². The normalized spacial score (nSPS) is 11.2. The third-order valence-electron chi connectivity index (χ3n) is 4.92. The Morgan fingerprint density at radius 1 is 1.00 bits per heavy atom. The lowest BCUT2D eigenvalue weighted by molar-refractivity contribution is 0.102. The average Bonchev–Trinajstić information content (AvgIpc) is 2.72. The summed E-state index contributed by atoms with van der Waals surface area (Å²) in [6, 6.07) is 15.7. The first kappa shape index (κ1) is 20.5. The van der Waals surface area contributed by atoms with Crippen LogP contribution in [0.1, 0.15) is 42.4 Å². The molecule has 1 N–H and O–H groups in total. The van der Waals surface area contributed by atoms with E-state index >= 15 is 0 Å². The number of carbonyl (C=O) groups is 1. The number of anilines is 2. The van der Waals surface area contributed by atoms with Gasteiger partial charge in [-0.25, -0.2) is 4.98 Å². The van der Waals surface area contributed by atoms with Crippen LogP contribution in [0, 0.1) is 0 Å². The highest BCUT2D eigenvalue weighted by atomic mass is 16.1. The number of pyridine rings is 2. The van der Waals surface area contributed by atoms with Crippen molar-refractivity contribution in [1.29, 1.82) is 0 Å². The van der Waals surface area contributed by atoms with Gasteiger partial charge >= 0.3 is 0 Å². The quantitative estimate of drug-likeness (QED) is 0.665. The maximum Gasteiger partial charge on any atom is 0.274 e. The van der Waals surface area contributed by atoms with Crippen LogP contribution >= 0.6 is 0 Å². The molecule has 0 fully saturated rings. The van der Waals surface area contributed by atoms with Gasteiger partial charge in [0.25, 0.3) is 5.91 Å². The van der Waals surface area contributed by atoms with Crippen LogP contribution in [-0.2, 0) is 11.8 Å². The highest BCUT2D eigenvalue weighted by molar-refractivity contribution is 6.02. The molecular weight excluding hydrogens is 360 g/mol. The summed E-state index contributed by atoms with van der Waals surface area (Å²) in [6.45, 7) is 7.36. The predicted molar refractivity (Wildman–Crippen MR) is 119 cm³/mol. The molecule has 1 amide bonds. The molecule has 3 rings (SSSR count). The molecule has 2 heterocycles. The molecular formula is C24H28N4O. The molecule has 0 aliphatic carbocycles. The molecule has 3 aromatic rings. The Hall–Kier alpha value is -3.21. The second-order valence-electron chi connectivity index (χ2n) is 8.21. The molecule has 2 aromatic heterocycles. The monoisotopic (exact) mass is 388 g/mol. The van der Waals surface area contributed by atoms with E-state index in [2.05, 4.69) is 41.0 Å². The summed E-state index contributed by atoms with van der Waals surface area (Å²) in [4.78, 5) is 23.0. The van der Waals surface area contributed by atoms with E-state index in [1.165, 1.54) is 11.1 Å². The zero-order valence-electron chi connectivity index (χ0n) is 17.5. The second-order valence-corrected chi connectivity index (χ2v) is 8.21. The van der Waals surface area contributed by atoms with Crippen LogP contribution in [-0.4, -0.2) is 29.5 Å². The van der Waals surface area contributed by atoms with Gasteiger partial charge in [0.2, 0.25) is 0 Å². The molecule has 0 radical (unpaired) electrons. The van der Waals surface area contributed by atoms with Crippen molar-refractivity contribution in [3.63, 3.8) is 0 Å². The Morgan fingerprint density at radius 2 is 1.69 bits per heavy atom. The van der Waals surface area contributed by atoms with Crippen LogP contribution in [0.4, 0.5) is 11.4 Å². The number of benzene rings is 1. The number of carbonyl (C=O) groups excluding carboxylic acids is 1. The van der Waals surface area contributed by atoms with Crippen molar-refractivity contribution < 1.29 is 4.79 Å². The summed E-state index contributed by atoms with van der Waals surface area (Å²) in [6.07, 6.45) is 6.28. The van der Waals surface area contributed by atoms with Gasteiger partial charge in [-0.15, -0.1) is 0 Å². The summed E-state index contributed by atoms with van der Waals surface area (Å²) in [5.74, 6) is -0.209. The van der Waals surface area contributed by atoms with Crippen molar-refractivity contribution in [2.75, 3.05) is 23.8 Å². The largest absolute Gasteiger partial charge is 0.373 e. The number of nitrogens with zero attached hydrogens (tertiary/aromatic N) is 3. The maximum absolute atomic E-state index is 12.5. The zero-order chi connectivity index (χ0) is 20.9. The molecule has 0 spiro atoms.